The third kappa shape index (κ3) is 3.31. The Balaban J connectivity index is 2.32. The van der Waals surface area contributed by atoms with Crippen LogP contribution in [0.1, 0.15) is 42.6 Å². The summed E-state index contributed by atoms with van der Waals surface area (Å²) in [6, 6.07) is 3.47. The van der Waals surface area contributed by atoms with Crippen LogP contribution in [0.5, 0.6) is 0 Å². The maximum Gasteiger partial charge on any atom is 0.418 e. The van der Waals surface area contributed by atoms with E-state index < -0.39 is 23.3 Å². The van der Waals surface area contributed by atoms with Gasteiger partial charge in [0, 0.05) is 13.1 Å². The Labute approximate surface area is 121 Å². The van der Waals surface area contributed by atoms with Crippen LogP contribution in [-0.2, 0) is 6.18 Å². The van der Waals surface area contributed by atoms with Gasteiger partial charge in [-0.1, -0.05) is 19.9 Å². The molecule has 3 nitrogen and oxygen atoms in total. The van der Waals surface area contributed by atoms with Gasteiger partial charge in [-0.2, -0.15) is 13.2 Å². The van der Waals surface area contributed by atoms with Crippen molar-refractivity contribution in [3.05, 3.63) is 29.3 Å². The molecule has 1 amide bonds. The standard InChI is InChI=1S/C15H19F3N2O/c1-14(2)7-4-8-20(9-14)13(21)10-5-3-6-11(12(10)19)15(16,17)18/h3,5-6H,4,7-9,19H2,1-2H3. The van der Waals surface area contributed by atoms with Crippen LogP contribution in [0.3, 0.4) is 0 Å². The fraction of sp³-hybridized carbons (Fsp3) is 0.533. The van der Waals surface area contributed by atoms with Crippen LogP contribution in [0.2, 0.25) is 0 Å². The number of nitrogens with zero attached hydrogens (tertiary/aromatic N) is 1. The number of likely N-dealkylation sites (tertiary alicyclic amines) is 1. The number of para-hydroxylation sites is 1. The minimum Gasteiger partial charge on any atom is -0.398 e. The zero-order chi connectivity index (χ0) is 15.8. The van der Waals surface area contributed by atoms with Crippen LogP contribution >= 0.6 is 0 Å². The quantitative estimate of drug-likeness (QED) is 0.806. The minimum absolute atomic E-state index is 0.0235. The summed E-state index contributed by atoms with van der Waals surface area (Å²) in [7, 11) is 0. The van der Waals surface area contributed by atoms with Gasteiger partial charge in [-0.3, -0.25) is 4.79 Å². The lowest BCUT2D eigenvalue weighted by molar-refractivity contribution is -0.136. The highest BCUT2D eigenvalue weighted by Crippen LogP contribution is 2.36. The lowest BCUT2D eigenvalue weighted by atomic mass is 9.84. The number of carbonyl (C=O) groups excluding carboxylic acids is 1. The number of amides is 1. The lowest BCUT2D eigenvalue weighted by Crippen LogP contribution is -2.43. The number of hydrogen-bond acceptors (Lipinski definition) is 2. The van der Waals surface area contributed by atoms with E-state index in [9.17, 15) is 18.0 Å². The Morgan fingerprint density at radius 1 is 1.33 bits per heavy atom. The van der Waals surface area contributed by atoms with Crippen LogP contribution in [0.15, 0.2) is 18.2 Å². The molecule has 0 bridgehead atoms. The van der Waals surface area contributed by atoms with E-state index in [1.54, 1.807) is 4.90 Å². The summed E-state index contributed by atoms with van der Waals surface area (Å²) < 4.78 is 38.6. The number of nitrogen functional groups attached to an aromatic ring is 1. The Kier molecular flexibility index (Phi) is 3.91. The molecule has 6 heteroatoms. The molecule has 0 unspecified atom stereocenters. The van der Waals surface area contributed by atoms with Crippen LogP contribution in [0, 0.1) is 5.41 Å². The highest BCUT2D eigenvalue weighted by Gasteiger charge is 2.36. The van der Waals surface area contributed by atoms with E-state index >= 15 is 0 Å². The molecule has 0 atom stereocenters. The van der Waals surface area contributed by atoms with Gasteiger partial charge in [-0.05, 0) is 30.4 Å². The summed E-state index contributed by atoms with van der Waals surface area (Å²) >= 11 is 0. The zero-order valence-corrected chi connectivity index (χ0v) is 12.1. The molecule has 0 radical (unpaired) electrons. The van der Waals surface area contributed by atoms with Crippen molar-refractivity contribution in [2.75, 3.05) is 18.8 Å². The molecule has 1 aliphatic heterocycles. The second-order valence-electron chi connectivity index (χ2n) is 6.26. The van der Waals surface area contributed by atoms with E-state index in [4.69, 9.17) is 5.73 Å². The number of alkyl halides is 3. The fourth-order valence-electron chi connectivity index (χ4n) is 2.77. The molecule has 0 aliphatic carbocycles. The Morgan fingerprint density at radius 3 is 2.57 bits per heavy atom. The van der Waals surface area contributed by atoms with Crippen molar-refractivity contribution in [2.45, 2.75) is 32.9 Å². The minimum atomic E-state index is -4.55. The van der Waals surface area contributed by atoms with Crippen molar-refractivity contribution in [2.24, 2.45) is 5.41 Å². The smallest absolute Gasteiger partial charge is 0.398 e. The molecule has 1 aliphatic rings. The molecule has 2 rings (SSSR count). The number of benzene rings is 1. The van der Waals surface area contributed by atoms with Gasteiger partial charge in [0.05, 0.1) is 16.8 Å². The molecule has 0 aromatic heterocycles. The molecule has 1 aromatic rings. The number of carbonyl (C=O) groups is 1. The van der Waals surface area contributed by atoms with Gasteiger partial charge < -0.3 is 10.6 Å². The van der Waals surface area contributed by atoms with Crippen LogP contribution < -0.4 is 5.73 Å². The van der Waals surface area contributed by atoms with Gasteiger partial charge in [-0.25, -0.2) is 0 Å². The largest absolute Gasteiger partial charge is 0.418 e. The molecule has 1 aromatic carbocycles. The van der Waals surface area contributed by atoms with Crippen molar-refractivity contribution in [3.63, 3.8) is 0 Å². The average Bonchev–Trinajstić information content (AvgIpc) is 2.35. The highest BCUT2D eigenvalue weighted by molar-refractivity contribution is 6.00. The average molecular weight is 300 g/mol. The molecule has 116 valence electrons. The summed E-state index contributed by atoms with van der Waals surface area (Å²) in [4.78, 5) is 14.1. The van der Waals surface area contributed by atoms with Crippen molar-refractivity contribution >= 4 is 11.6 Å². The third-order valence-electron chi connectivity index (χ3n) is 3.83. The van der Waals surface area contributed by atoms with E-state index in [1.807, 2.05) is 13.8 Å². The van der Waals surface area contributed by atoms with Crippen molar-refractivity contribution in [3.8, 4) is 0 Å². The van der Waals surface area contributed by atoms with Crippen LogP contribution in [0.4, 0.5) is 18.9 Å². The first-order chi connectivity index (χ1) is 9.62. The third-order valence-corrected chi connectivity index (χ3v) is 3.83. The molecule has 1 heterocycles. The predicted molar refractivity (Wildman–Crippen MR) is 74.8 cm³/mol. The maximum absolute atomic E-state index is 12.9. The Bertz CT molecular complexity index is 552. The monoisotopic (exact) mass is 300 g/mol. The van der Waals surface area contributed by atoms with Crippen molar-refractivity contribution in [1.82, 2.24) is 4.90 Å². The van der Waals surface area contributed by atoms with Crippen molar-refractivity contribution < 1.29 is 18.0 Å². The van der Waals surface area contributed by atoms with E-state index in [2.05, 4.69) is 0 Å². The highest BCUT2D eigenvalue weighted by atomic mass is 19.4. The number of nitrogens with two attached hydrogens (primary N) is 1. The van der Waals surface area contributed by atoms with Gasteiger partial charge in [0.1, 0.15) is 0 Å². The van der Waals surface area contributed by atoms with Crippen LogP contribution in [0.25, 0.3) is 0 Å². The second kappa shape index (κ2) is 5.24. The van der Waals surface area contributed by atoms with Gasteiger partial charge in [0.2, 0.25) is 0 Å². The number of halogens is 3. The first kappa shape index (κ1) is 15.7. The number of anilines is 1. The summed E-state index contributed by atoms with van der Waals surface area (Å²) in [5, 5.41) is 0. The zero-order valence-electron chi connectivity index (χ0n) is 12.1. The molecule has 0 spiro atoms. The topological polar surface area (TPSA) is 46.3 Å². The lowest BCUT2D eigenvalue weighted by Gasteiger charge is -2.38. The normalized spacial score (nSPS) is 18.6. The van der Waals surface area contributed by atoms with E-state index in [1.165, 1.54) is 12.1 Å². The molecule has 21 heavy (non-hydrogen) atoms. The first-order valence-electron chi connectivity index (χ1n) is 6.87. The molecular weight excluding hydrogens is 281 g/mol. The summed E-state index contributed by atoms with van der Waals surface area (Å²) in [6.45, 7) is 5.17. The Hall–Kier alpha value is -1.72. The number of piperidine rings is 1. The first-order valence-corrected chi connectivity index (χ1v) is 6.87. The number of hydrogen-bond donors (Lipinski definition) is 1. The molecule has 1 fully saturated rings. The second-order valence-corrected chi connectivity index (χ2v) is 6.26. The molecular formula is C15H19F3N2O. The fourth-order valence-corrected chi connectivity index (χ4v) is 2.77. The summed E-state index contributed by atoms with van der Waals surface area (Å²) in [6.07, 6.45) is -2.71. The maximum atomic E-state index is 12.9. The van der Waals surface area contributed by atoms with E-state index in [0.717, 1.165) is 18.9 Å². The number of rotatable bonds is 1. The summed E-state index contributed by atoms with van der Waals surface area (Å²) in [5.41, 5.74) is 4.04. The molecule has 1 saturated heterocycles. The summed E-state index contributed by atoms with van der Waals surface area (Å²) in [5.74, 6) is -0.425. The SMILES string of the molecule is CC1(C)CCCN(C(=O)c2cccc(C(F)(F)F)c2N)C1. The Morgan fingerprint density at radius 2 is 2.00 bits per heavy atom. The van der Waals surface area contributed by atoms with Gasteiger partial charge >= 0.3 is 6.18 Å². The van der Waals surface area contributed by atoms with E-state index in [0.29, 0.717) is 13.1 Å². The van der Waals surface area contributed by atoms with Gasteiger partial charge in [-0.15, -0.1) is 0 Å². The van der Waals surface area contributed by atoms with Gasteiger partial charge in [0.25, 0.3) is 5.91 Å². The molecule has 2 N–H and O–H groups in total. The van der Waals surface area contributed by atoms with E-state index in [-0.39, 0.29) is 11.0 Å². The van der Waals surface area contributed by atoms with Gasteiger partial charge in [0.15, 0.2) is 0 Å². The van der Waals surface area contributed by atoms with Crippen LogP contribution in [-0.4, -0.2) is 23.9 Å². The van der Waals surface area contributed by atoms with Crippen molar-refractivity contribution in [1.29, 1.82) is 0 Å². The molecule has 0 saturated carbocycles. The predicted octanol–water partition coefficient (Wildman–Crippen LogP) is 3.55.